The van der Waals surface area contributed by atoms with Crippen molar-refractivity contribution in [3.05, 3.63) is 252 Å². The molecule has 6 nitrogen and oxygen atoms in total. The number of fused-ring (bicyclic) bond motifs is 9. The van der Waals surface area contributed by atoms with Crippen LogP contribution >= 0.6 is 0 Å². The normalized spacial score (nSPS) is 12.7. The van der Waals surface area contributed by atoms with E-state index in [2.05, 4.69) is 228 Å². The van der Waals surface area contributed by atoms with Gasteiger partial charge in [-0.2, -0.15) is 0 Å². The van der Waals surface area contributed by atoms with E-state index < -0.39 is 5.41 Å². The van der Waals surface area contributed by atoms with Crippen LogP contribution in [0.5, 0.6) is 0 Å². The molecule has 0 N–H and O–H groups in total. The number of hydrogen-bond donors (Lipinski definition) is 0. The lowest BCUT2D eigenvalue weighted by atomic mass is 9.67. The zero-order valence-corrected chi connectivity index (χ0v) is 36.9. The van der Waals surface area contributed by atoms with Crippen molar-refractivity contribution in [3.63, 3.8) is 0 Å². The van der Waals surface area contributed by atoms with Gasteiger partial charge in [-0.3, -0.25) is 0 Å². The second-order valence-electron chi connectivity index (χ2n) is 17.3. The van der Waals surface area contributed by atoms with Gasteiger partial charge in [0, 0.05) is 47.1 Å². The third-order valence-electron chi connectivity index (χ3n) is 13.5. The molecule has 0 fully saturated rings. The Morgan fingerprint density at radius 1 is 0.373 bits per heavy atom. The molecule has 1 aliphatic carbocycles. The maximum absolute atomic E-state index is 6.99. The number of aromatic nitrogens is 2. The Hall–Kier alpha value is -8.74. The highest BCUT2D eigenvalue weighted by molar-refractivity contribution is 6.15. The first kappa shape index (κ1) is 38.7. The van der Waals surface area contributed by atoms with Crippen LogP contribution in [0.15, 0.2) is 227 Å². The minimum Gasteiger partial charge on any atom is -0.440 e. The molecule has 6 heteroatoms. The highest BCUT2D eigenvalue weighted by Gasteiger charge is 2.50. The van der Waals surface area contributed by atoms with Gasteiger partial charge in [-0.25, -0.2) is 9.97 Å². The number of hydrogen-bond acceptors (Lipinski definition) is 6. The molecule has 0 radical (unpaired) electrons. The van der Waals surface area contributed by atoms with Gasteiger partial charge in [-0.1, -0.05) is 170 Å². The minimum atomic E-state index is -0.886. The molecule has 2 heterocycles. The van der Waals surface area contributed by atoms with Gasteiger partial charge in [0.1, 0.15) is 11.0 Å². The van der Waals surface area contributed by atoms with Crippen LogP contribution in [-0.4, -0.2) is 9.97 Å². The Morgan fingerprint density at radius 2 is 0.731 bits per heavy atom. The molecule has 318 valence electrons. The molecule has 67 heavy (non-hydrogen) atoms. The van der Waals surface area contributed by atoms with Crippen LogP contribution in [0.1, 0.15) is 34.0 Å². The average Bonchev–Trinajstić information content (AvgIpc) is 4.06. The third kappa shape index (κ3) is 5.82. The average molecular weight is 863 g/mol. The molecular weight excluding hydrogens is 821 g/mol. The van der Waals surface area contributed by atoms with Crippen molar-refractivity contribution in [2.75, 3.05) is 9.80 Å². The molecule has 13 rings (SSSR count). The number of aryl methyl sites for hydroxylation is 2. The number of benzene rings is 10. The fourth-order valence-corrected chi connectivity index (χ4v) is 10.9. The summed E-state index contributed by atoms with van der Waals surface area (Å²) in [4.78, 5) is 15.3. The van der Waals surface area contributed by atoms with Gasteiger partial charge in [0.2, 0.25) is 0 Å². The molecule has 0 saturated carbocycles. The van der Waals surface area contributed by atoms with Crippen LogP contribution in [-0.2, 0) is 5.41 Å². The van der Waals surface area contributed by atoms with Crippen LogP contribution in [0.25, 0.3) is 54.9 Å². The monoisotopic (exact) mass is 862 g/mol. The van der Waals surface area contributed by atoms with E-state index in [4.69, 9.17) is 18.8 Å². The zero-order valence-electron chi connectivity index (χ0n) is 36.9. The van der Waals surface area contributed by atoms with Gasteiger partial charge < -0.3 is 18.6 Å². The first-order valence-electron chi connectivity index (χ1n) is 22.7. The van der Waals surface area contributed by atoms with E-state index in [1.807, 2.05) is 13.8 Å². The molecule has 10 aromatic carbocycles. The number of anilines is 6. The van der Waals surface area contributed by atoms with Crippen molar-refractivity contribution < 1.29 is 8.83 Å². The van der Waals surface area contributed by atoms with E-state index >= 15 is 0 Å². The van der Waals surface area contributed by atoms with E-state index in [1.165, 1.54) is 0 Å². The second kappa shape index (κ2) is 15.2. The molecule has 1 aliphatic rings. The molecule has 0 unspecified atom stereocenters. The van der Waals surface area contributed by atoms with E-state index in [1.54, 1.807) is 0 Å². The first-order valence-corrected chi connectivity index (χ1v) is 22.7. The molecule has 0 bridgehead atoms. The fraction of sp³-hybridized carbons (Fsp3) is 0.0492. The molecule has 0 spiro atoms. The molecule has 0 amide bonds. The van der Waals surface area contributed by atoms with E-state index in [9.17, 15) is 0 Å². The molecule has 2 aromatic heterocycles. The van der Waals surface area contributed by atoms with Gasteiger partial charge in [0.25, 0.3) is 0 Å². The van der Waals surface area contributed by atoms with Gasteiger partial charge in [0.05, 0.1) is 28.2 Å². The van der Waals surface area contributed by atoms with Crippen molar-refractivity contribution >= 4 is 77.9 Å². The SMILES string of the molecule is Cc1nc2c(N(c3ccccc3)c3cccc4ccccc34)cc3c(c2o1)-c1c(cc(N(c2ccccc2)c2cccc4ccccc24)c2nc(C)oc12)C3(c1ccccc1)c1ccccc1. The summed E-state index contributed by atoms with van der Waals surface area (Å²) in [5, 5.41) is 4.55. The van der Waals surface area contributed by atoms with Crippen molar-refractivity contribution in [1.29, 1.82) is 0 Å². The van der Waals surface area contributed by atoms with Crippen LogP contribution < -0.4 is 9.80 Å². The van der Waals surface area contributed by atoms with E-state index in [-0.39, 0.29) is 0 Å². The first-order chi connectivity index (χ1) is 33.1. The number of para-hydroxylation sites is 2. The van der Waals surface area contributed by atoms with E-state index in [0.717, 1.165) is 100 Å². The molecule has 0 saturated heterocycles. The van der Waals surface area contributed by atoms with Crippen molar-refractivity contribution in [2.45, 2.75) is 19.3 Å². The summed E-state index contributed by atoms with van der Waals surface area (Å²) in [6, 6.07) is 77.9. The van der Waals surface area contributed by atoms with Crippen LogP contribution in [0.4, 0.5) is 34.1 Å². The summed E-state index contributed by atoms with van der Waals surface area (Å²) in [5.74, 6) is 1.14. The van der Waals surface area contributed by atoms with Gasteiger partial charge in [-0.05, 0) is 81.6 Å². The summed E-state index contributed by atoms with van der Waals surface area (Å²) >= 11 is 0. The Morgan fingerprint density at radius 3 is 1.15 bits per heavy atom. The Kier molecular flexibility index (Phi) is 8.77. The topological polar surface area (TPSA) is 58.5 Å². The lowest BCUT2D eigenvalue weighted by Gasteiger charge is -2.35. The largest absolute Gasteiger partial charge is 0.440 e. The van der Waals surface area contributed by atoms with Crippen LogP contribution in [0, 0.1) is 13.8 Å². The number of oxazole rings is 2. The zero-order chi connectivity index (χ0) is 44.6. The predicted molar refractivity (Wildman–Crippen MR) is 273 cm³/mol. The van der Waals surface area contributed by atoms with Crippen LogP contribution in [0.3, 0.4) is 0 Å². The summed E-state index contributed by atoms with van der Waals surface area (Å²) in [6.45, 7) is 3.88. The highest BCUT2D eigenvalue weighted by Crippen LogP contribution is 2.63. The molecule has 12 aromatic rings. The molecule has 0 aliphatic heterocycles. The Bertz CT molecular complexity index is 3580. The highest BCUT2D eigenvalue weighted by atomic mass is 16.4. The van der Waals surface area contributed by atoms with Crippen LogP contribution in [0.2, 0.25) is 0 Å². The van der Waals surface area contributed by atoms with Gasteiger partial charge in [0.15, 0.2) is 22.9 Å². The summed E-state index contributed by atoms with van der Waals surface area (Å²) < 4.78 is 14.0. The Labute approximate surface area is 387 Å². The standard InChI is InChI=1S/C61H42N4O2/c1-39-62-57-53(64(45-29-11-5-12-30-45)51-35-19-23-41-21-15-17-33-47(41)51)37-49-55(59(57)66-39)56-50(61(49,43-25-7-3-8-26-43)44-27-9-4-10-28-44)38-54(58-60(56)67-40(2)63-58)65(46-31-13-6-14-32-46)52-36-20-24-42-22-16-18-34-48(42)52/h3-38H,1-2H3. The number of rotatable bonds is 8. The second-order valence-corrected chi connectivity index (χ2v) is 17.3. The smallest absolute Gasteiger partial charge is 0.192 e. The minimum absolute atomic E-state index is 0.571. The lowest BCUT2D eigenvalue weighted by Crippen LogP contribution is -2.29. The van der Waals surface area contributed by atoms with Crippen molar-refractivity contribution in [3.8, 4) is 11.1 Å². The maximum Gasteiger partial charge on any atom is 0.192 e. The summed E-state index contributed by atoms with van der Waals surface area (Å²) in [7, 11) is 0. The maximum atomic E-state index is 6.99. The third-order valence-corrected chi connectivity index (χ3v) is 13.5. The lowest BCUT2D eigenvalue weighted by molar-refractivity contribution is 0.558. The quantitative estimate of drug-likeness (QED) is 0.152. The summed E-state index contributed by atoms with van der Waals surface area (Å²) in [6.07, 6.45) is 0. The molecular formula is C61H42N4O2. The van der Waals surface area contributed by atoms with E-state index in [0.29, 0.717) is 22.9 Å². The van der Waals surface area contributed by atoms with Gasteiger partial charge in [-0.15, -0.1) is 0 Å². The number of nitrogens with zero attached hydrogens (tertiary/aromatic N) is 4. The van der Waals surface area contributed by atoms with Crippen molar-refractivity contribution in [2.24, 2.45) is 0 Å². The Balaban J connectivity index is 1.21. The fourth-order valence-electron chi connectivity index (χ4n) is 10.9. The predicted octanol–water partition coefficient (Wildman–Crippen LogP) is 16.2. The van der Waals surface area contributed by atoms with Crippen molar-refractivity contribution in [1.82, 2.24) is 9.97 Å². The molecule has 0 atom stereocenters. The van der Waals surface area contributed by atoms with Gasteiger partial charge >= 0.3 is 0 Å². The summed E-state index contributed by atoms with van der Waals surface area (Å²) in [5.41, 5.74) is 14.1.